The van der Waals surface area contributed by atoms with Crippen molar-refractivity contribution >= 4 is 29.3 Å². The summed E-state index contributed by atoms with van der Waals surface area (Å²) in [5.74, 6) is -0.146. The average Bonchev–Trinajstić information content (AvgIpc) is 2.74. The van der Waals surface area contributed by atoms with Crippen molar-refractivity contribution in [3.63, 3.8) is 0 Å². The fourth-order valence-electron chi connectivity index (χ4n) is 1.31. The van der Waals surface area contributed by atoms with Gasteiger partial charge in [0, 0.05) is 17.5 Å². The highest BCUT2D eigenvalue weighted by Gasteiger charge is 2.30. The van der Waals surface area contributed by atoms with Crippen molar-refractivity contribution < 1.29 is 4.79 Å². The lowest BCUT2D eigenvalue weighted by Gasteiger charge is -2.28. The summed E-state index contributed by atoms with van der Waals surface area (Å²) in [6.07, 6.45) is 5.21. The highest BCUT2D eigenvalue weighted by molar-refractivity contribution is 8.00. The van der Waals surface area contributed by atoms with Gasteiger partial charge in [-0.05, 0) is 20.1 Å². The van der Waals surface area contributed by atoms with Crippen molar-refractivity contribution in [2.45, 2.75) is 31.2 Å². The maximum atomic E-state index is 11.8. The molecule has 0 spiro atoms. The molecule has 102 valence electrons. The third-order valence-corrected chi connectivity index (χ3v) is 4.30. The van der Waals surface area contributed by atoms with Gasteiger partial charge >= 0.3 is 0 Å². The molecule has 1 aromatic heterocycles. The van der Waals surface area contributed by atoms with Crippen molar-refractivity contribution in [2.24, 2.45) is 5.73 Å². The summed E-state index contributed by atoms with van der Waals surface area (Å²) in [6, 6.07) is -0.534. The number of thioether (sulfide) groups is 1. The Morgan fingerprint density at radius 2 is 2.39 bits per heavy atom. The van der Waals surface area contributed by atoms with Gasteiger partial charge in [0.1, 0.15) is 0 Å². The number of halogens is 1. The second-order valence-electron chi connectivity index (χ2n) is 4.50. The Morgan fingerprint density at radius 1 is 1.72 bits per heavy atom. The molecule has 0 saturated carbocycles. The van der Waals surface area contributed by atoms with Gasteiger partial charge in [-0.1, -0.05) is 11.6 Å². The van der Waals surface area contributed by atoms with Crippen LogP contribution in [0.4, 0.5) is 0 Å². The maximum absolute atomic E-state index is 11.8. The second kappa shape index (κ2) is 6.45. The monoisotopic (exact) mass is 290 g/mol. The zero-order valence-electron chi connectivity index (χ0n) is 10.8. The lowest BCUT2D eigenvalue weighted by molar-refractivity contribution is -0.122. The Kier molecular flexibility index (Phi) is 5.49. The van der Waals surface area contributed by atoms with E-state index in [0.717, 1.165) is 0 Å². The summed E-state index contributed by atoms with van der Waals surface area (Å²) in [6.45, 7) is 4.96. The number of amides is 1. The van der Waals surface area contributed by atoms with Gasteiger partial charge in [-0.3, -0.25) is 9.48 Å². The first-order chi connectivity index (χ1) is 8.36. The van der Waals surface area contributed by atoms with Crippen LogP contribution in [0.5, 0.6) is 0 Å². The largest absolute Gasteiger partial charge is 0.353 e. The lowest BCUT2D eigenvalue weighted by atomic mass is 10.0. The number of hydrogen-bond acceptors (Lipinski definition) is 4. The molecule has 0 aliphatic carbocycles. The number of nitrogens with two attached hydrogens (primary N) is 1. The van der Waals surface area contributed by atoms with E-state index in [1.165, 1.54) is 0 Å². The van der Waals surface area contributed by atoms with Gasteiger partial charge < -0.3 is 11.1 Å². The third kappa shape index (κ3) is 4.19. The molecule has 0 aliphatic rings. The van der Waals surface area contributed by atoms with E-state index in [9.17, 15) is 4.79 Å². The maximum Gasteiger partial charge on any atom is 0.238 e. The Labute approximate surface area is 116 Å². The Morgan fingerprint density at radius 3 is 2.89 bits per heavy atom. The van der Waals surface area contributed by atoms with Crippen LogP contribution >= 0.6 is 23.4 Å². The van der Waals surface area contributed by atoms with E-state index in [4.69, 9.17) is 17.3 Å². The quantitative estimate of drug-likeness (QED) is 0.823. The van der Waals surface area contributed by atoms with E-state index in [1.54, 1.807) is 28.8 Å². The molecule has 7 heteroatoms. The molecule has 0 fully saturated rings. The molecule has 0 bridgehead atoms. The molecule has 0 aromatic carbocycles. The van der Waals surface area contributed by atoms with E-state index >= 15 is 0 Å². The van der Waals surface area contributed by atoms with Gasteiger partial charge in [0.15, 0.2) is 0 Å². The van der Waals surface area contributed by atoms with Crippen LogP contribution in [0.1, 0.15) is 13.8 Å². The van der Waals surface area contributed by atoms with Crippen LogP contribution in [-0.4, -0.2) is 39.3 Å². The van der Waals surface area contributed by atoms with E-state index < -0.39 is 6.04 Å². The minimum Gasteiger partial charge on any atom is -0.353 e. The number of rotatable bonds is 6. The molecule has 0 unspecified atom stereocenters. The van der Waals surface area contributed by atoms with Gasteiger partial charge in [-0.2, -0.15) is 16.9 Å². The van der Waals surface area contributed by atoms with Crippen LogP contribution in [0, 0.1) is 0 Å². The van der Waals surface area contributed by atoms with Gasteiger partial charge in [0.2, 0.25) is 5.91 Å². The number of carbonyl (C=O) groups excluding carboxylic acids is 1. The number of nitrogens with zero attached hydrogens (tertiary/aromatic N) is 2. The topological polar surface area (TPSA) is 72.9 Å². The highest BCUT2D eigenvalue weighted by Crippen LogP contribution is 2.24. The van der Waals surface area contributed by atoms with Crippen LogP contribution in [-0.2, 0) is 11.3 Å². The standard InChI is InChI=1S/C11H19ClN4OS/c1-11(2,18-3)9(13)10(17)14-4-5-16-7-8(12)6-15-16/h6-7,9H,4-5,13H2,1-3H3,(H,14,17)/t9-/m1/s1. The van der Waals surface area contributed by atoms with E-state index in [2.05, 4.69) is 10.4 Å². The number of hydrogen-bond donors (Lipinski definition) is 2. The Bertz CT molecular complexity index is 408. The second-order valence-corrected chi connectivity index (χ2v) is 6.39. The third-order valence-electron chi connectivity index (χ3n) is 2.80. The zero-order chi connectivity index (χ0) is 13.8. The first kappa shape index (κ1) is 15.3. The predicted octanol–water partition coefficient (Wildman–Crippen LogP) is 1.12. The summed E-state index contributed by atoms with van der Waals surface area (Å²) >= 11 is 7.31. The zero-order valence-corrected chi connectivity index (χ0v) is 12.4. The number of carbonyl (C=O) groups is 1. The molecule has 1 atom stereocenters. The fraction of sp³-hybridized carbons (Fsp3) is 0.636. The molecule has 1 rings (SSSR count). The predicted molar refractivity (Wildman–Crippen MR) is 75.8 cm³/mol. The molecule has 0 aliphatic heterocycles. The summed E-state index contributed by atoms with van der Waals surface area (Å²) in [5.41, 5.74) is 5.91. The molecule has 3 N–H and O–H groups in total. The SMILES string of the molecule is CSC(C)(C)[C@H](N)C(=O)NCCn1cc(Cl)cn1. The van der Waals surface area contributed by atoms with Crippen molar-refractivity contribution in [3.05, 3.63) is 17.4 Å². The minimum atomic E-state index is -0.534. The van der Waals surface area contributed by atoms with Crippen LogP contribution in [0.15, 0.2) is 12.4 Å². The van der Waals surface area contributed by atoms with Gasteiger partial charge in [-0.25, -0.2) is 0 Å². The number of nitrogens with one attached hydrogen (secondary N) is 1. The van der Waals surface area contributed by atoms with E-state index in [1.807, 2.05) is 20.1 Å². The molecular weight excluding hydrogens is 272 g/mol. The molecule has 0 saturated heterocycles. The first-order valence-corrected chi connectivity index (χ1v) is 7.23. The molecule has 18 heavy (non-hydrogen) atoms. The first-order valence-electron chi connectivity index (χ1n) is 5.63. The van der Waals surface area contributed by atoms with Crippen LogP contribution in [0.25, 0.3) is 0 Å². The summed E-state index contributed by atoms with van der Waals surface area (Å²) in [5, 5.41) is 7.40. The van der Waals surface area contributed by atoms with Crippen molar-refractivity contribution in [3.8, 4) is 0 Å². The van der Waals surface area contributed by atoms with Crippen molar-refractivity contribution in [1.29, 1.82) is 0 Å². The van der Waals surface area contributed by atoms with Gasteiger partial charge in [0.05, 0.1) is 23.8 Å². The van der Waals surface area contributed by atoms with Gasteiger partial charge in [-0.15, -0.1) is 0 Å². The smallest absolute Gasteiger partial charge is 0.238 e. The van der Waals surface area contributed by atoms with Crippen LogP contribution in [0.2, 0.25) is 5.02 Å². The fourth-order valence-corrected chi connectivity index (χ4v) is 1.82. The molecule has 1 aromatic rings. The minimum absolute atomic E-state index is 0.146. The summed E-state index contributed by atoms with van der Waals surface area (Å²) < 4.78 is 1.40. The van der Waals surface area contributed by atoms with Crippen molar-refractivity contribution in [1.82, 2.24) is 15.1 Å². The Balaban J connectivity index is 2.37. The molecular formula is C11H19ClN4OS. The van der Waals surface area contributed by atoms with E-state index in [-0.39, 0.29) is 10.7 Å². The normalized spacial score (nSPS) is 13.4. The number of aromatic nitrogens is 2. The lowest BCUT2D eigenvalue weighted by Crippen LogP contribution is -2.52. The van der Waals surface area contributed by atoms with Crippen molar-refractivity contribution in [2.75, 3.05) is 12.8 Å². The van der Waals surface area contributed by atoms with E-state index in [0.29, 0.717) is 18.1 Å². The molecule has 0 radical (unpaired) electrons. The summed E-state index contributed by atoms with van der Waals surface area (Å²) in [7, 11) is 0. The Hall–Kier alpha value is -0.720. The summed E-state index contributed by atoms with van der Waals surface area (Å²) in [4.78, 5) is 11.8. The molecule has 1 heterocycles. The highest BCUT2D eigenvalue weighted by atomic mass is 35.5. The van der Waals surface area contributed by atoms with Gasteiger partial charge in [0.25, 0.3) is 0 Å². The van der Waals surface area contributed by atoms with Crippen LogP contribution < -0.4 is 11.1 Å². The van der Waals surface area contributed by atoms with Crippen LogP contribution in [0.3, 0.4) is 0 Å². The average molecular weight is 291 g/mol. The molecule has 1 amide bonds. The molecule has 5 nitrogen and oxygen atoms in total.